The van der Waals surface area contributed by atoms with Crippen LogP contribution >= 0.6 is 15.9 Å². The van der Waals surface area contributed by atoms with Gasteiger partial charge in [-0.25, -0.2) is 0 Å². The Hall–Kier alpha value is -0.740. The number of rotatable bonds is 3. The standard InChI is InChI=1S/C9H10BrNO2/c10-5-11-4-7-1-2-8-9(3-7)13-6-12-8/h1-3,11H,4-6H2. The van der Waals surface area contributed by atoms with Gasteiger partial charge in [0.25, 0.3) is 0 Å². The third-order valence-corrected chi connectivity index (χ3v) is 2.26. The molecule has 0 bridgehead atoms. The van der Waals surface area contributed by atoms with E-state index in [1.165, 1.54) is 5.56 Å². The molecule has 1 aromatic carbocycles. The van der Waals surface area contributed by atoms with Gasteiger partial charge in [-0.1, -0.05) is 22.0 Å². The van der Waals surface area contributed by atoms with Crippen molar-refractivity contribution in [2.45, 2.75) is 6.54 Å². The SMILES string of the molecule is BrCNCc1ccc2c(c1)OCO2. The van der Waals surface area contributed by atoms with Crippen molar-refractivity contribution in [2.75, 3.05) is 12.2 Å². The second-order valence-corrected chi connectivity index (χ2v) is 3.31. The molecule has 1 N–H and O–H groups in total. The maximum Gasteiger partial charge on any atom is 0.231 e. The van der Waals surface area contributed by atoms with E-state index in [0.717, 1.165) is 23.5 Å². The minimum atomic E-state index is 0.338. The van der Waals surface area contributed by atoms with Crippen molar-refractivity contribution >= 4 is 15.9 Å². The van der Waals surface area contributed by atoms with Gasteiger partial charge in [-0.2, -0.15) is 0 Å². The summed E-state index contributed by atoms with van der Waals surface area (Å²) in [5.74, 6) is 1.68. The Labute approximate surface area is 85.2 Å². The number of halogens is 1. The zero-order chi connectivity index (χ0) is 9.10. The van der Waals surface area contributed by atoms with Gasteiger partial charge in [0.15, 0.2) is 11.5 Å². The van der Waals surface area contributed by atoms with Crippen LogP contribution in [-0.2, 0) is 6.54 Å². The van der Waals surface area contributed by atoms with Gasteiger partial charge in [0.1, 0.15) is 0 Å². The highest BCUT2D eigenvalue weighted by Gasteiger charge is 2.12. The van der Waals surface area contributed by atoms with Crippen LogP contribution in [0.25, 0.3) is 0 Å². The van der Waals surface area contributed by atoms with Crippen LogP contribution in [-0.4, -0.2) is 12.2 Å². The van der Waals surface area contributed by atoms with Gasteiger partial charge in [0, 0.05) is 6.54 Å². The Bertz CT molecular complexity index is 304. The minimum Gasteiger partial charge on any atom is -0.454 e. The molecule has 13 heavy (non-hydrogen) atoms. The molecule has 0 atom stereocenters. The molecule has 0 fully saturated rings. The Kier molecular flexibility index (Phi) is 2.71. The summed E-state index contributed by atoms with van der Waals surface area (Å²) in [6.07, 6.45) is 0. The van der Waals surface area contributed by atoms with Gasteiger partial charge in [-0.3, -0.25) is 0 Å². The van der Waals surface area contributed by atoms with Crippen molar-refractivity contribution in [1.29, 1.82) is 0 Å². The lowest BCUT2D eigenvalue weighted by Gasteiger charge is -2.02. The topological polar surface area (TPSA) is 30.5 Å². The summed E-state index contributed by atoms with van der Waals surface area (Å²) in [5.41, 5.74) is 1.99. The number of fused-ring (bicyclic) bond motifs is 1. The van der Waals surface area contributed by atoms with Crippen LogP contribution in [0.3, 0.4) is 0 Å². The molecule has 1 aliphatic heterocycles. The molecule has 1 heterocycles. The van der Waals surface area contributed by atoms with Crippen molar-refractivity contribution in [3.05, 3.63) is 23.8 Å². The van der Waals surface area contributed by atoms with Crippen LogP contribution in [0, 0.1) is 0 Å². The maximum absolute atomic E-state index is 5.26. The van der Waals surface area contributed by atoms with E-state index < -0.39 is 0 Å². The zero-order valence-electron chi connectivity index (χ0n) is 7.05. The fraction of sp³-hybridized carbons (Fsp3) is 0.333. The zero-order valence-corrected chi connectivity index (χ0v) is 8.63. The molecule has 0 saturated heterocycles. The van der Waals surface area contributed by atoms with Crippen LogP contribution in [0.1, 0.15) is 5.56 Å². The summed E-state index contributed by atoms with van der Waals surface area (Å²) in [7, 11) is 0. The second-order valence-electron chi connectivity index (χ2n) is 2.75. The van der Waals surface area contributed by atoms with E-state index in [4.69, 9.17) is 9.47 Å². The van der Waals surface area contributed by atoms with E-state index in [9.17, 15) is 0 Å². The Balaban J connectivity index is 2.12. The normalized spacial score (nSPS) is 13.3. The van der Waals surface area contributed by atoms with E-state index in [1.807, 2.05) is 18.2 Å². The lowest BCUT2D eigenvalue weighted by Crippen LogP contribution is -2.09. The molecular weight excluding hydrogens is 234 g/mol. The molecule has 0 radical (unpaired) electrons. The maximum atomic E-state index is 5.26. The second kappa shape index (κ2) is 3.98. The Morgan fingerprint density at radius 2 is 2.15 bits per heavy atom. The molecule has 0 aromatic heterocycles. The largest absolute Gasteiger partial charge is 0.454 e. The summed E-state index contributed by atoms with van der Waals surface area (Å²) in [4.78, 5) is 0. The summed E-state index contributed by atoms with van der Waals surface area (Å²) < 4.78 is 10.5. The molecule has 70 valence electrons. The molecule has 1 aliphatic rings. The summed E-state index contributed by atoms with van der Waals surface area (Å²) in [5, 5.41) is 3.18. The lowest BCUT2D eigenvalue weighted by molar-refractivity contribution is 0.174. The number of nitrogens with one attached hydrogen (secondary N) is 1. The summed E-state index contributed by atoms with van der Waals surface area (Å²) >= 11 is 3.30. The van der Waals surface area contributed by atoms with E-state index in [2.05, 4.69) is 21.2 Å². The highest BCUT2D eigenvalue weighted by atomic mass is 79.9. The third kappa shape index (κ3) is 1.95. The van der Waals surface area contributed by atoms with Crippen molar-refractivity contribution in [3.8, 4) is 11.5 Å². The van der Waals surface area contributed by atoms with E-state index in [1.54, 1.807) is 0 Å². The minimum absolute atomic E-state index is 0.338. The van der Waals surface area contributed by atoms with Gasteiger partial charge < -0.3 is 14.8 Å². The highest BCUT2D eigenvalue weighted by molar-refractivity contribution is 9.09. The Morgan fingerprint density at radius 1 is 1.31 bits per heavy atom. The first-order chi connectivity index (χ1) is 6.40. The molecule has 4 heteroatoms. The fourth-order valence-electron chi connectivity index (χ4n) is 1.24. The molecule has 3 nitrogen and oxygen atoms in total. The fourth-order valence-corrected chi connectivity index (χ4v) is 1.44. The van der Waals surface area contributed by atoms with Crippen LogP contribution < -0.4 is 14.8 Å². The number of ether oxygens (including phenoxy) is 2. The van der Waals surface area contributed by atoms with Gasteiger partial charge in [-0.15, -0.1) is 0 Å². The van der Waals surface area contributed by atoms with Gasteiger partial charge in [-0.05, 0) is 17.7 Å². The Morgan fingerprint density at radius 3 is 3.00 bits per heavy atom. The number of benzene rings is 1. The van der Waals surface area contributed by atoms with E-state index >= 15 is 0 Å². The van der Waals surface area contributed by atoms with Crippen molar-refractivity contribution < 1.29 is 9.47 Å². The van der Waals surface area contributed by atoms with Crippen LogP contribution in [0.5, 0.6) is 11.5 Å². The van der Waals surface area contributed by atoms with Crippen LogP contribution in [0.2, 0.25) is 0 Å². The first-order valence-corrected chi connectivity index (χ1v) is 5.17. The van der Waals surface area contributed by atoms with Gasteiger partial charge in [0.2, 0.25) is 6.79 Å². The molecule has 0 spiro atoms. The van der Waals surface area contributed by atoms with E-state index in [-0.39, 0.29) is 0 Å². The number of alkyl halides is 1. The highest BCUT2D eigenvalue weighted by Crippen LogP contribution is 2.32. The van der Waals surface area contributed by atoms with Crippen LogP contribution in [0.4, 0.5) is 0 Å². The molecule has 0 saturated carbocycles. The molecular formula is C9H10BrNO2. The molecule has 0 aliphatic carbocycles. The van der Waals surface area contributed by atoms with Crippen molar-refractivity contribution in [3.63, 3.8) is 0 Å². The summed E-state index contributed by atoms with van der Waals surface area (Å²) in [6, 6.07) is 5.97. The van der Waals surface area contributed by atoms with E-state index in [0.29, 0.717) is 6.79 Å². The monoisotopic (exact) mass is 243 g/mol. The average molecular weight is 244 g/mol. The molecule has 0 amide bonds. The van der Waals surface area contributed by atoms with Gasteiger partial charge >= 0.3 is 0 Å². The van der Waals surface area contributed by atoms with Crippen LogP contribution in [0.15, 0.2) is 18.2 Å². The number of hydrogen-bond donors (Lipinski definition) is 1. The number of hydrogen-bond acceptors (Lipinski definition) is 3. The summed E-state index contributed by atoms with van der Waals surface area (Å²) in [6.45, 7) is 1.17. The van der Waals surface area contributed by atoms with Crippen molar-refractivity contribution in [2.24, 2.45) is 0 Å². The van der Waals surface area contributed by atoms with Gasteiger partial charge in [0.05, 0.1) is 5.45 Å². The quantitative estimate of drug-likeness (QED) is 0.650. The lowest BCUT2D eigenvalue weighted by atomic mass is 10.2. The first kappa shape index (κ1) is 8.84. The molecule has 1 aromatic rings. The first-order valence-electron chi connectivity index (χ1n) is 4.05. The van der Waals surface area contributed by atoms with Crippen molar-refractivity contribution in [1.82, 2.24) is 5.32 Å². The average Bonchev–Trinajstić information content (AvgIpc) is 2.61. The molecule has 2 rings (SSSR count). The predicted octanol–water partition coefficient (Wildman–Crippen LogP) is 1.86. The molecule has 0 unspecified atom stereocenters. The third-order valence-electron chi connectivity index (χ3n) is 1.86. The smallest absolute Gasteiger partial charge is 0.231 e. The predicted molar refractivity (Wildman–Crippen MR) is 53.2 cm³/mol.